The van der Waals surface area contributed by atoms with Crippen molar-refractivity contribution < 1.29 is 0 Å². The summed E-state index contributed by atoms with van der Waals surface area (Å²) in [6, 6.07) is 9.48. The van der Waals surface area contributed by atoms with Crippen LogP contribution in [0.25, 0.3) is 0 Å². The Morgan fingerprint density at radius 3 is 2.35 bits per heavy atom. The summed E-state index contributed by atoms with van der Waals surface area (Å²) >= 11 is 1.91. The van der Waals surface area contributed by atoms with Crippen LogP contribution in [0.15, 0.2) is 24.3 Å². The van der Waals surface area contributed by atoms with Crippen LogP contribution in [0.1, 0.15) is 44.4 Å². The molecule has 1 nitrogen and oxygen atoms in total. The summed E-state index contributed by atoms with van der Waals surface area (Å²) in [4.78, 5) is 0. The molecule has 1 aromatic carbocycles. The van der Waals surface area contributed by atoms with Crippen molar-refractivity contribution in [2.75, 3.05) is 12.8 Å². The molecule has 1 aromatic rings. The van der Waals surface area contributed by atoms with Crippen LogP contribution in [0.2, 0.25) is 0 Å². The van der Waals surface area contributed by atoms with Crippen molar-refractivity contribution in [3.63, 3.8) is 0 Å². The molecule has 0 radical (unpaired) electrons. The third-order valence-corrected chi connectivity index (χ3v) is 4.10. The third kappa shape index (κ3) is 5.13. The zero-order valence-corrected chi connectivity index (χ0v) is 12.3. The molecule has 0 aromatic heterocycles. The Bertz CT molecular complexity index is 307. The van der Waals surface area contributed by atoms with Gasteiger partial charge in [-0.05, 0) is 30.7 Å². The van der Waals surface area contributed by atoms with Gasteiger partial charge in [0.2, 0.25) is 0 Å². The van der Waals surface area contributed by atoms with Gasteiger partial charge in [0.15, 0.2) is 0 Å². The van der Waals surface area contributed by atoms with Crippen molar-refractivity contribution in [3.8, 4) is 0 Å². The molecular weight excluding hydrogens is 226 g/mol. The van der Waals surface area contributed by atoms with Crippen molar-refractivity contribution >= 4 is 11.8 Å². The number of rotatable bonds is 7. The molecule has 0 aliphatic rings. The molecule has 17 heavy (non-hydrogen) atoms. The number of benzene rings is 1. The molecule has 1 rings (SSSR count). The molecule has 0 spiro atoms. The molecular formula is C15H25NS. The molecule has 0 saturated carbocycles. The first-order chi connectivity index (χ1) is 8.17. The van der Waals surface area contributed by atoms with Crippen LogP contribution in [-0.4, -0.2) is 18.1 Å². The first kappa shape index (κ1) is 14.6. The summed E-state index contributed by atoms with van der Waals surface area (Å²) < 4.78 is 0. The van der Waals surface area contributed by atoms with Gasteiger partial charge in [0, 0.05) is 17.8 Å². The predicted molar refractivity (Wildman–Crippen MR) is 79.8 cm³/mol. The standard InChI is InChI=1S/C15H25NS/c1-5-6-14-7-9-15(10-8-14)13(3)16-11-12(2)17-4/h7-10,12-13,16H,5-6,11H2,1-4H3. The maximum Gasteiger partial charge on any atom is 0.0292 e. The van der Waals surface area contributed by atoms with Crippen molar-refractivity contribution in [2.24, 2.45) is 0 Å². The van der Waals surface area contributed by atoms with Gasteiger partial charge in [0.05, 0.1) is 0 Å². The lowest BCUT2D eigenvalue weighted by molar-refractivity contribution is 0.576. The third-order valence-electron chi connectivity index (χ3n) is 3.13. The smallest absolute Gasteiger partial charge is 0.0292 e. The van der Waals surface area contributed by atoms with Gasteiger partial charge >= 0.3 is 0 Å². The van der Waals surface area contributed by atoms with E-state index >= 15 is 0 Å². The van der Waals surface area contributed by atoms with Crippen molar-refractivity contribution in [1.29, 1.82) is 0 Å². The van der Waals surface area contributed by atoms with Crippen LogP contribution >= 0.6 is 11.8 Å². The van der Waals surface area contributed by atoms with E-state index in [1.807, 2.05) is 11.8 Å². The van der Waals surface area contributed by atoms with Crippen molar-refractivity contribution in [1.82, 2.24) is 5.32 Å². The number of nitrogens with one attached hydrogen (secondary N) is 1. The number of thioether (sulfide) groups is 1. The fourth-order valence-electron chi connectivity index (χ4n) is 1.81. The molecule has 96 valence electrons. The maximum atomic E-state index is 3.58. The summed E-state index contributed by atoms with van der Waals surface area (Å²) in [6.07, 6.45) is 4.57. The Morgan fingerprint density at radius 2 is 1.82 bits per heavy atom. The van der Waals surface area contributed by atoms with E-state index < -0.39 is 0 Å². The molecule has 1 N–H and O–H groups in total. The number of hydrogen-bond donors (Lipinski definition) is 1. The number of hydrogen-bond acceptors (Lipinski definition) is 2. The molecule has 0 heterocycles. The van der Waals surface area contributed by atoms with Crippen molar-refractivity contribution in [2.45, 2.75) is 44.9 Å². The highest BCUT2D eigenvalue weighted by atomic mass is 32.2. The van der Waals surface area contributed by atoms with E-state index in [0.717, 1.165) is 6.54 Å². The van der Waals surface area contributed by atoms with Gasteiger partial charge in [0.1, 0.15) is 0 Å². The molecule has 0 aliphatic carbocycles. The highest BCUT2D eigenvalue weighted by Crippen LogP contribution is 2.15. The molecule has 2 heteroatoms. The Kier molecular flexibility index (Phi) is 6.68. The lowest BCUT2D eigenvalue weighted by Crippen LogP contribution is -2.25. The monoisotopic (exact) mass is 251 g/mol. The van der Waals surface area contributed by atoms with E-state index in [-0.39, 0.29) is 0 Å². The second-order valence-corrected chi connectivity index (χ2v) is 5.94. The lowest BCUT2D eigenvalue weighted by atomic mass is 10.0. The highest BCUT2D eigenvalue weighted by molar-refractivity contribution is 7.99. The van der Waals surface area contributed by atoms with Crippen LogP contribution in [-0.2, 0) is 6.42 Å². The van der Waals surface area contributed by atoms with Crippen LogP contribution < -0.4 is 5.32 Å². The van der Waals surface area contributed by atoms with Gasteiger partial charge in [-0.3, -0.25) is 0 Å². The average molecular weight is 251 g/mol. The molecule has 0 saturated heterocycles. The Morgan fingerprint density at radius 1 is 1.18 bits per heavy atom. The second-order valence-electron chi connectivity index (χ2n) is 4.67. The van der Waals surface area contributed by atoms with E-state index in [9.17, 15) is 0 Å². The minimum atomic E-state index is 0.445. The Balaban J connectivity index is 2.48. The van der Waals surface area contributed by atoms with Crippen LogP contribution in [0.3, 0.4) is 0 Å². The largest absolute Gasteiger partial charge is 0.309 e. The fraction of sp³-hybridized carbons (Fsp3) is 0.600. The van der Waals surface area contributed by atoms with Gasteiger partial charge in [-0.1, -0.05) is 44.5 Å². The quantitative estimate of drug-likeness (QED) is 0.785. The summed E-state index contributed by atoms with van der Waals surface area (Å²) in [5.74, 6) is 0. The lowest BCUT2D eigenvalue weighted by Gasteiger charge is -2.17. The molecule has 0 bridgehead atoms. The molecule has 0 aliphatic heterocycles. The van der Waals surface area contributed by atoms with Crippen molar-refractivity contribution in [3.05, 3.63) is 35.4 Å². The summed E-state index contributed by atoms with van der Waals surface area (Å²) in [7, 11) is 0. The zero-order chi connectivity index (χ0) is 12.7. The summed E-state index contributed by atoms with van der Waals surface area (Å²) in [5.41, 5.74) is 2.83. The summed E-state index contributed by atoms with van der Waals surface area (Å²) in [5, 5.41) is 4.26. The predicted octanol–water partition coefficient (Wildman–Crippen LogP) is 4.04. The summed E-state index contributed by atoms with van der Waals surface area (Å²) in [6.45, 7) is 7.79. The maximum absolute atomic E-state index is 3.58. The average Bonchev–Trinajstić information content (AvgIpc) is 2.36. The van der Waals surface area contributed by atoms with Crippen LogP contribution in [0.4, 0.5) is 0 Å². The second kappa shape index (κ2) is 7.78. The van der Waals surface area contributed by atoms with E-state index in [4.69, 9.17) is 0 Å². The minimum Gasteiger partial charge on any atom is -0.309 e. The molecule has 2 atom stereocenters. The Hall–Kier alpha value is -0.470. The van der Waals surface area contributed by atoms with Gasteiger partial charge in [-0.15, -0.1) is 0 Å². The topological polar surface area (TPSA) is 12.0 Å². The van der Waals surface area contributed by atoms with E-state index in [2.05, 4.69) is 56.6 Å². The van der Waals surface area contributed by atoms with E-state index in [0.29, 0.717) is 11.3 Å². The SMILES string of the molecule is CCCc1ccc(C(C)NCC(C)SC)cc1. The molecule has 0 fully saturated rings. The Labute approximate surface area is 110 Å². The van der Waals surface area contributed by atoms with E-state index in [1.165, 1.54) is 24.0 Å². The van der Waals surface area contributed by atoms with Gasteiger partial charge in [-0.25, -0.2) is 0 Å². The van der Waals surface area contributed by atoms with Crippen LogP contribution in [0.5, 0.6) is 0 Å². The molecule has 0 amide bonds. The highest BCUT2D eigenvalue weighted by Gasteiger charge is 2.06. The van der Waals surface area contributed by atoms with Gasteiger partial charge in [0.25, 0.3) is 0 Å². The fourth-order valence-corrected chi connectivity index (χ4v) is 2.07. The zero-order valence-electron chi connectivity index (χ0n) is 11.5. The first-order valence-corrected chi connectivity index (χ1v) is 7.81. The van der Waals surface area contributed by atoms with Crippen LogP contribution in [0, 0.1) is 0 Å². The van der Waals surface area contributed by atoms with Gasteiger partial charge < -0.3 is 5.32 Å². The van der Waals surface area contributed by atoms with E-state index in [1.54, 1.807) is 0 Å². The van der Waals surface area contributed by atoms with Gasteiger partial charge in [-0.2, -0.15) is 11.8 Å². The molecule has 2 unspecified atom stereocenters. The first-order valence-electron chi connectivity index (χ1n) is 6.52. The number of aryl methyl sites for hydroxylation is 1. The normalized spacial score (nSPS) is 14.6. The minimum absolute atomic E-state index is 0.445.